The number of nitrogens with zero attached hydrogens (tertiary/aromatic N) is 4. The van der Waals surface area contributed by atoms with Crippen molar-refractivity contribution in [1.29, 1.82) is 0 Å². The first kappa shape index (κ1) is 18.9. The summed E-state index contributed by atoms with van der Waals surface area (Å²) >= 11 is 1.65. The monoisotopic (exact) mass is 418 g/mol. The third-order valence-electron chi connectivity index (χ3n) is 5.50. The van der Waals surface area contributed by atoms with Crippen molar-refractivity contribution < 1.29 is 4.79 Å². The molecule has 152 valence electrons. The van der Waals surface area contributed by atoms with Gasteiger partial charge in [0.1, 0.15) is 0 Å². The molecule has 5 heterocycles. The van der Waals surface area contributed by atoms with Gasteiger partial charge in [-0.15, -0.1) is 11.3 Å². The maximum absolute atomic E-state index is 12.8. The van der Waals surface area contributed by atoms with Gasteiger partial charge in [-0.05, 0) is 56.0 Å². The van der Waals surface area contributed by atoms with Gasteiger partial charge in [-0.25, -0.2) is 9.50 Å². The van der Waals surface area contributed by atoms with Crippen LogP contribution in [0.25, 0.3) is 27.5 Å². The number of amides is 1. The first-order valence-corrected chi connectivity index (χ1v) is 11.0. The van der Waals surface area contributed by atoms with Crippen LogP contribution >= 0.6 is 11.3 Å². The Morgan fingerprint density at radius 2 is 2.27 bits per heavy atom. The van der Waals surface area contributed by atoms with Crippen LogP contribution in [-0.4, -0.2) is 44.1 Å². The molecule has 0 aromatic carbocycles. The van der Waals surface area contributed by atoms with Crippen molar-refractivity contribution in [2.75, 3.05) is 6.54 Å². The zero-order valence-electron chi connectivity index (χ0n) is 16.6. The molecule has 30 heavy (non-hydrogen) atoms. The van der Waals surface area contributed by atoms with Gasteiger partial charge in [0.15, 0.2) is 5.65 Å². The maximum atomic E-state index is 12.8. The summed E-state index contributed by atoms with van der Waals surface area (Å²) in [6.45, 7) is 3.06. The Bertz CT molecular complexity index is 1180. The van der Waals surface area contributed by atoms with Crippen LogP contribution in [0, 0.1) is 0 Å². The van der Waals surface area contributed by atoms with Crippen LogP contribution in [0.3, 0.4) is 0 Å². The van der Waals surface area contributed by atoms with Gasteiger partial charge in [0.05, 0.1) is 28.0 Å². The van der Waals surface area contributed by atoms with Crippen LogP contribution in [0.4, 0.5) is 0 Å². The lowest BCUT2D eigenvalue weighted by molar-refractivity contribution is 0.0933. The molecule has 0 radical (unpaired) electrons. The highest BCUT2D eigenvalue weighted by atomic mass is 32.1. The minimum absolute atomic E-state index is 0.0728. The lowest BCUT2D eigenvalue weighted by Crippen LogP contribution is -2.45. The second kappa shape index (κ2) is 7.97. The molecule has 1 amide bonds. The zero-order chi connectivity index (χ0) is 20.5. The van der Waals surface area contributed by atoms with Crippen molar-refractivity contribution in [2.24, 2.45) is 0 Å². The predicted molar refractivity (Wildman–Crippen MR) is 117 cm³/mol. The molecule has 2 atom stereocenters. The van der Waals surface area contributed by atoms with Gasteiger partial charge >= 0.3 is 0 Å². The number of hydrogen-bond donors (Lipinski definition) is 2. The summed E-state index contributed by atoms with van der Waals surface area (Å²) in [5.41, 5.74) is 3.67. The lowest BCUT2D eigenvalue weighted by atomic mass is 10.1. The average Bonchev–Trinajstić information content (AvgIpc) is 3.55. The number of aromatic nitrogens is 4. The van der Waals surface area contributed by atoms with Crippen molar-refractivity contribution in [3.63, 3.8) is 0 Å². The van der Waals surface area contributed by atoms with Crippen molar-refractivity contribution in [1.82, 2.24) is 30.2 Å². The van der Waals surface area contributed by atoms with Crippen molar-refractivity contribution in [2.45, 2.75) is 31.8 Å². The molecule has 7 nitrogen and oxygen atoms in total. The maximum Gasteiger partial charge on any atom is 0.251 e. The second-order valence-corrected chi connectivity index (χ2v) is 8.46. The number of carbonyl (C=O) groups excluding carboxylic acids is 1. The Morgan fingerprint density at radius 3 is 3.07 bits per heavy atom. The van der Waals surface area contributed by atoms with Crippen molar-refractivity contribution in [3.05, 3.63) is 59.9 Å². The largest absolute Gasteiger partial charge is 0.348 e. The van der Waals surface area contributed by atoms with E-state index in [1.807, 2.05) is 36.7 Å². The SMILES string of the molecule is CC(NC(=O)c1ccnc(-c2cnn3ccc(-c4cccs4)nc23)c1)[C@@H]1CCCN1. The quantitative estimate of drug-likeness (QED) is 0.519. The molecule has 0 bridgehead atoms. The standard InChI is InChI=1S/C22H22N6OS/c1-14(17-4-2-8-23-17)26-22(29)15-6-9-24-19(12-15)16-13-25-28-10-7-18(27-21(16)28)20-5-3-11-30-20/h3,5-7,9-14,17,23H,2,4,8H2,1H3,(H,26,29)/t14?,17-/m0/s1. The Kier molecular flexibility index (Phi) is 5.02. The van der Waals surface area contributed by atoms with E-state index in [0.717, 1.165) is 41.2 Å². The summed E-state index contributed by atoms with van der Waals surface area (Å²) in [6.07, 6.45) is 7.54. The summed E-state index contributed by atoms with van der Waals surface area (Å²) in [6, 6.07) is 9.95. The molecule has 1 aliphatic heterocycles. The fourth-order valence-corrected chi connectivity index (χ4v) is 4.55. The summed E-state index contributed by atoms with van der Waals surface area (Å²) in [5.74, 6) is -0.0939. The average molecular weight is 419 g/mol. The molecule has 4 aromatic rings. The lowest BCUT2D eigenvalue weighted by Gasteiger charge is -2.20. The fraction of sp³-hybridized carbons (Fsp3) is 0.273. The van der Waals surface area contributed by atoms with Crippen molar-refractivity contribution >= 4 is 22.9 Å². The van der Waals surface area contributed by atoms with Crippen LogP contribution in [-0.2, 0) is 0 Å². The zero-order valence-corrected chi connectivity index (χ0v) is 17.4. The Hall–Kier alpha value is -3.10. The van der Waals surface area contributed by atoms with Crippen LogP contribution in [0.2, 0.25) is 0 Å². The van der Waals surface area contributed by atoms with E-state index in [2.05, 4.69) is 20.7 Å². The molecule has 4 aromatic heterocycles. The predicted octanol–water partition coefficient (Wildman–Crippen LogP) is 3.39. The van der Waals surface area contributed by atoms with E-state index >= 15 is 0 Å². The molecule has 2 N–H and O–H groups in total. The molecule has 1 aliphatic rings. The van der Waals surface area contributed by atoms with E-state index in [0.29, 0.717) is 17.3 Å². The molecule has 8 heteroatoms. The number of carbonyl (C=O) groups is 1. The molecular formula is C22H22N6OS. The smallest absolute Gasteiger partial charge is 0.251 e. The van der Waals surface area contributed by atoms with Gasteiger partial charge in [-0.3, -0.25) is 9.78 Å². The number of rotatable bonds is 5. The van der Waals surface area contributed by atoms with Crippen LogP contribution in [0.15, 0.2) is 54.3 Å². The van der Waals surface area contributed by atoms with Gasteiger partial charge in [0.25, 0.3) is 5.91 Å². The van der Waals surface area contributed by atoms with Gasteiger partial charge < -0.3 is 10.6 Å². The summed E-state index contributed by atoms with van der Waals surface area (Å²) in [5, 5.41) is 13.0. The Balaban J connectivity index is 1.44. The summed E-state index contributed by atoms with van der Waals surface area (Å²) < 4.78 is 1.73. The molecular weight excluding hydrogens is 396 g/mol. The number of thiophene rings is 1. The van der Waals surface area contributed by atoms with Crippen LogP contribution in [0.1, 0.15) is 30.1 Å². The van der Waals surface area contributed by atoms with Crippen molar-refractivity contribution in [3.8, 4) is 21.8 Å². The highest BCUT2D eigenvalue weighted by Gasteiger charge is 2.23. The number of pyridine rings is 1. The fourth-order valence-electron chi connectivity index (χ4n) is 3.86. The van der Waals surface area contributed by atoms with Gasteiger partial charge in [0, 0.05) is 30.0 Å². The second-order valence-electron chi connectivity index (χ2n) is 7.51. The molecule has 0 aliphatic carbocycles. The van der Waals surface area contributed by atoms with E-state index in [1.54, 1.807) is 40.4 Å². The summed E-state index contributed by atoms with van der Waals surface area (Å²) in [4.78, 5) is 23.2. The van der Waals surface area contributed by atoms with Gasteiger partial charge in [-0.2, -0.15) is 5.10 Å². The topological polar surface area (TPSA) is 84.2 Å². The molecule has 1 saturated heterocycles. The number of fused-ring (bicyclic) bond motifs is 1. The number of hydrogen-bond acceptors (Lipinski definition) is 6. The van der Waals surface area contributed by atoms with E-state index < -0.39 is 0 Å². The minimum atomic E-state index is -0.0939. The van der Waals surface area contributed by atoms with E-state index in [1.165, 1.54) is 0 Å². The van der Waals surface area contributed by atoms with Gasteiger partial charge in [0.2, 0.25) is 0 Å². The highest BCUT2D eigenvalue weighted by molar-refractivity contribution is 7.13. The molecule has 0 saturated carbocycles. The third kappa shape index (κ3) is 3.59. The van der Waals surface area contributed by atoms with E-state index in [4.69, 9.17) is 4.98 Å². The number of nitrogens with one attached hydrogen (secondary N) is 2. The van der Waals surface area contributed by atoms with Gasteiger partial charge in [-0.1, -0.05) is 6.07 Å². The first-order chi connectivity index (χ1) is 14.7. The van der Waals surface area contributed by atoms with E-state index in [-0.39, 0.29) is 11.9 Å². The highest BCUT2D eigenvalue weighted by Crippen LogP contribution is 2.27. The molecule has 1 unspecified atom stereocenters. The minimum Gasteiger partial charge on any atom is -0.348 e. The Labute approximate surface area is 178 Å². The Morgan fingerprint density at radius 1 is 1.33 bits per heavy atom. The molecule has 0 spiro atoms. The molecule has 1 fully saturated rings. The normalized spacial score (nSPS) is 17.3. The first-order valence-electron chi connectivity index (χ1n) is 10.1. The van der Waals surface area contributed by atoms with Crippen LogP contribution < -0.4 is 10.6 Å². The summed E-state index contributed by atoms with van der Waals surface area (Å²) in [7, 11) is 0. The molecule has 5 rings (SSSR count). The van der Waals surface area contributed by atoms with E-state index in [9.17, 15) is 4.79 Å². The third-order valence-corrected chi connectivity index (χ3v) is 6.39. The van der Waals surface area contributed by atoms with Crippen LogP contribution in [0.5, 0.6) is 0 Å².